The average molecular weight is 252 g/mol. The summed E-state index contributed by atoms with van der Waals surface area (Å²) < 4.78 is 0. The molecule has 0 fully saturated rings. The van der Waals surface area contributed by atoms with Crippen molar-refractivity contribution in [1.29, 1.82) is 0 Å². The van der Waals surface area contributed by atoms with Crippen LogP contribution in [0.5, 0.6) is 0 Å². The third-order valence-electron chi connectivity index (χ3n) is 2.98. The molecule has 0 aromatic carbocycles. The van der Waals surface area contributed by atoms with E-state index in [0.29, 0.717) is 18.3 Å². The van der Waals surface area contributed by atoms with E-state index in [9.17, 15) is 10.1 Å². The molecule has 0 bridgehead atoms. The lowest BCUT2D eigenvalue weighted by atomic mass is 10.0. The Morgan fingerprint density at radius 2 is 2.22 bits per heavy atom. The summed E-state index contributed by atoms with van der Waals surface area (Å²) in [6, 6.07) is 3.12. The highest BCUT2D eigenvalue weighted by atomic mass is 16.6. The van der Waals surface area contributed by atoms with Gasteiger partial charge >= 0.3 is 5.69 Å². The van der Waals surface area contributed by atoms with Gasteiger partial charge in [0.25, 0.3) is 0 Å². The number of nitrogens with zero attached hydrogens (tertiary/aromatic N) is 3. The molecule has 18 heavy (non-hydrogen) atoms. The summed E-state index contributed by atoms with van der Waals surface area (Å²) in [7, 11) is 1.79. The van der Waals surface area contributed by atoms with Crippen LogP contribution in [-0.2, 0) is 0 Å². The summed E-state index contributed by atoms with van der Waals surface area (Å²) >= 11 is 0. The molecular weight excluding hydrogens is 232 g/mol. The quantitative estimate of drug-likeness (QED) is 0.616. The van der Waals surface area contributed by atoms with Gasteiger partial charge in [0, 0.05) is 31.9 Å². The fourth-order valence-corrected chi connectivity index (χ4v) is 1.61. The summed E-state index contributed by atoms with van der Waals surface area (Å²) in [5.74, 6) is 0.788. The smallest absolute Gasteiger partial charge is 0.311 e. The second-order valence-electron chi connectivity index (χ2n) is 4.72. The second-order valence-corrected chi connectivity index (χ2v) is 4.72. The molecule has 0 spiro atoms. The van der Waals surface area contributed by atoms with Crippen LogP contribution in [0, 0.1) is 16.0 Å². The molecule has 0 aliphatic rings. The van der Waals surface area contributed by atoms with Gasteiger partial charge in [0.05, 0.1) is 4.92 Å². The van der Waals surface area contributed by atoms with Gasteiger partial charge in [-0.25, -0.2) is 4.98 Å². The van der Waals surface area contributed by atoms with E-state index in [1.54, 1.807) is 24.2 Å². The Labute approximate surface area is 107 Å². The van der Waals surface area contributed by atoms with Crippen LogP contribution >= 0.6 is 0 Å². The van der Waals surface area contributed by atoms with Crippen LogP contribution in [0.4, 0.5) is 11.5 Å². The molecule has 0 saturated carbocycles. The number of nitrogens with two attached hydrogens (primary N) is 1. The number of rotatable bonds is 6. The fourth-order valence-electron chi connectivity index (χ4n) is 1.61. The van der Waals surface area contributed by atoms with Crippen molar-refractivity contribution < 1.29 is 4.92 Å². The summed E-state index contributed by atoms with van der Waals surface area (Å²) in [6.07, 6.45) is 2.34. The van der Waals surface area contributed by atoms with Crippen LogP contribution in [0.3, 0.4) is 0 Å². The van der Waals surface area contributed by atoms with E-state index in [2.05, 4.69) is 18.8 Å². The fraction of sp³-hybridized carbons (Fsp3) is 0.583. The first-order valence-corrected chi connectivity index (χ1v) is 5.99. The maximum absolute atomic E-state index is 10.9. The second kappa shape index (κ2) is 6.30. The first-order valence-electron chi connectivity index (χ1n) is 5.99. The first-order chi connectivity index (χ1) is 8.43. The van der Waals surface area contributed by atoms with Crippen LogP contribution in [0.15, 0.2) is 18.3 Å². The van der Waals surface area contributed by atoms with E-state index in [1.165, 1.54) is 6.07 Å². The molecule has 0 aliphatic carbocycles. The number of nitro groups is 1. The Kier molecular flexibility index (Phi) is 5.03. The van der Waals surface area contributed by atoms with Gasteiger partial charge in [0.2, 0.25) is 5.82 Å². The molecule has 2 N–H and O–H groups in total. The van der Waals surface area contributed by atoms with Crippen molar-refractivity contribution in [2.75, 3.05) is 18.5 Å². The molecule has 1 aromatic heterocycles. The Hall–Kier alpha value is -1.69. The van der Waals surface area contributed by atoms with Gasteiger partial charge in [-0.15, -0.1) is 0 Å². The van der Waals surface area contributed by atoms with Gasteiger partial charge in [-0.1, -0.05) is 13.8 Å². The lowest BCUT2D eigenvalue weighted by Crippen LogP contribution is -2.32. The highest BCUT2D eigenvalue weighted by molar-refractivity contribution is 5.56. The number of anilines is 1. The average Bonchev–Trinajstić information content (AvgIpc) is 2.35. The minimum Gasteiger partial charge on any atom is -0.354 e. The minimum absolute atomic E-state index is 0.0260. The predicted molar refractivity (Wildman–Crippen MR) is 71.6 cm³/mol. The minimum atomic E-state index is -0.415. The zero-order valence-corrected chi connectivity index (χ0v) is 11.0. The Morgan fingerprint density at radius 1 is 1.56 bits per heavy atom. The number of hydrogen-bond acceptors (Lipinski definition) is 5. The molecule has 6 nitrogen and oxygen atoms in total. The van der Waals surface area contributed by atoms with E-state index in [-0.39, 0.29) is 11.7 Å². The van der Waals surface area contributed by atoms with E-state index < -0.39 is 4.92 Å². The molecule has 0 saturated heterocycles. The van der Waals surface area contributed by atoms with Crippen LogP contribution in [0.2, 0.25) is 0 Å². The standard InChI is InChI=1S/C12H20N4O2/c1-9(2)10(13)6-8-15(3)12-11(16(17)18)5-4-7-14-12/h4-5,7,9-10H,6,8,13H2,1-3H3. The Balaban J connectivity index is 2.72. The molecule has 100 valence electrons. The van der Waals surface area contributed by atoms with Crippen molar-refractivity contribution in [3.8, 4) is 0 Å². The van der Waals surface area contributed by atoms with Gasteiger partial charge in [-0.2, -0.15) is 0 Å². The zero-order valence-electron chi connectivity index (χ0n) is 11.0. The van der Waals surface area contributed by atoms with Crippen LogP contribution in [-0.4, -0.2) is 29.5 Å². The molecule has 6 heteroatoms. The zero-order chi connectivity index (χ0) is 13.7. The number of hydrogen-bond donors (Lipinski definition) is 1. The summed E-state index contributed by atoms with van der Waals surface area (Å²) in [4.78, 5) is 16.3. The van der Waals surface area contributed by atoms with Gasteiger partial charge in [0.15, 0.2) is 0 Å². The molecule has 1 unspecified atom stereocenters. The molecule has 1 rings (SSSR count). The van der Waals surface area contributed by atoms with Crippen molar-refractivity contribution in [3.63, 3.8) is 0 Å². The van der Waals surface area contributed by atoms with Crippen LogP contribution in [0.25, 0.3) is 0 Å². The summed E-state index contributed by atoms with van der Waals surface area (Å²) in [6.45, 7) is 4.78. The van der Waals surface area contributed by atoms with Crippen molar-refractivity contribution >= 4 is 11.5 Å². The largest absolute Gasteiger partial charge is 0.354 e. The number of pyridine rings is 1. The lowest BCUT2D eigenvalue weighted by Gasteiger charge is -2.21. The molecule has 1 atom stereocenters. The van der Waals surface area contributed by atoms with Crippen molar-refractivity contribution in [2.24, 2.45) is 11.7 Å². The van der Waals surface area contributed by atoms with E-state index in [1.807, 2.05) is 0 Å². The van der Waals surface area contributed by atoms with Crippen molar-refractivity contribution in [1.82, 2.24) is 4.98 Å². The van der Waals surface area contributed by atoms with Gasteiger partial charge in [-0.3, -0.25) is 10.1 Å². The van der Waals surface area contributed by atoms with Crippen LogP contribution in [0.1, 0.15) is 20.3 Å². The summed E-state index contributed by atoms with van der Waals surface area (Å²) in [5.41, 5.74) is 5.99. The normalized spacial score (nSPS) is 12.5. The van der Waals surface area contributed by atoms with Crippen molar-refractivity contribution in [2.45, 2.75) is 26.3 Å². The van der Waals surface area contributed by atoms with E-state index in [4.69, 9.17) is 5.73 Å². The first kappa shape index (κ1) is 14.4. The third-order valence-corrected chi connectivity index (χ3v) is 2.98. The maximum atomic E-state index is 10.9. The van der Waals surface area contributed by atoms with Crippen molar-refractivity contribution in [3.05, 3.63) is 28.4 Å². The lowest BCUT2D eigenvalue weighted by molar-refractivity contribution is -0.384. The van der Waals surface area contributed by atoms with Gasteiger partial charge in [0.1, 0.15) is 0 Å². The molecule has 0 aliphatic heterocycles. The third kappa shape index (κ3) is 3.66. The van der Waals surface area contributed by atoms with Gasteiger partial charge < -0.3 is 10.6 Å². The maximum Gasteiger partial charge on any atom is 0.311 e. The van der Waals surface area contributed by atoms with Crippen LogP contribution < -0.4 is 10.6 Å². The highest BCUT2D eigenvalue weighted by Crippen LogP contribution is 2.23. The predicted octanol–water partition coefficient (Wildman–Crippen LogP) is 1.80. The molecule has 0 amide bonds. The Bertz CT molecular complexity index is 409. The molecular formula is C12H20N4O2. The SMILES string of the molecule is CC(C)C(N)CCN(C)c1ncccc1[N+](=O)[O-]. The molecule has 1 heterocycles. The van der Waals surface area contributed by atoms with E-state index in [0.717, 1.165) is 6.42 Å². The Morgan fingerprint density at radius 3 is 2.78 bits per heavy atom. The molecule has 1 aromatic rings. The highest BCUT2D eigenvalue weighted by Gasteiger charge is 2.18. The van der Waals surface area contributed by atoms with E-state index >= 15 is 0 Å². The molecule has 0 radical (unpaired) electrons. The summed E-state index contributed by atoms with van der Waals surface area (Å²) in [5, 5.41) is 10.9. The number of aromatic nitrogens is 1. The van der Waals surface area contributed by atoms with Gasteiger partial charge in [-0.05, 0) is 18.4 Å². The topological polar surface area (TPSA) is 85.3 Å². The monoisotopic (exact) mass is 252 g/mol.